The van der Waals surface area contributed by atoms with Crippen LogP contribution in [0.5, 0.6) is 0 Å². The molecule has 0 aliphatic heterocycles. The number of rotatable bonds is 4. The van der Waals surface area contributed by atoms with Crippen LogP contribution in [0.3, 0.4) is 0 Å². The number of nitrogens with one attached hydrogen (secondary N) is 1. The van der Waals surface area contributed by atoms with Crippen LogP contribution < -0.4 is 0 Å². The highest BCUT2D eigenvalue weighted by Crippen LogP contribution is 2.34. The Morgan fingerprint density at radius 2 is 2.25 bits per heavy atom. The Labute approximate surface area is 132 Å². The number of fused-ring (bicyclic) bond motifs is 1. The fourth-order valence-corrected chi connectivity index (χ4v) is 3.67. The average molecular weight is 386 g/mol. The van der Waals surface area contributed by atoms with E-state index in [2.05, 4.69) is 32.6 Å². The van der Waals surface area contributed by atoms with Gasteiger partial charge in [-0.25, -0.2) is 4.98 Å². The van der Waals surface area contributed by atoms with E-state index < -0.39 is 5.60 Å². The molecule has 4 nitrogen and oxygen atoms in total. The summed E-state index contributed by atoms with van der Waals surface area (Å²) in [5.74, 6) is 0.815. The highest BCUT2D eigenvalue weighted by Gasteiger charge is 2.37. The lowest BCUT2D eigenvalue weighted by atomic mass is 9.85. The first kappa shape index (κ1) is 14.3. The van der Waals surface area contributed by atoms with Crippen LogP contribution in [0.4, 0.5) is 0 Å². The molecule has 1 heterocycles. The van der Waals surface area contributed by atoms with Gasteiger partial charge in [-0.05, 0) is 25.0 Å². The maximum absolute atomic E-state index is 10.6. The number of halogens is 1. The Bertz CT molecular complexity index is 553. The van der Waals surface area contributed by atoms with E-state index in [-0.39, 0.29) is 3.92 Å². The van der Waals surface area contributed by atoms with E-state index in [1.165, 1.54) is 6.42 Å². The molecule has 0 bridgehead atoms. The number of ether oxygens (including phenoxy) is 1. The van der Waals surface area contributed by atoms with Gasteiger partial charge in [-0.15, -0.1) is 0 Å². The highest BCUT2D eigenvalue weighted by atomic mass is 127. The third-order valence-electron chi connectivity index (χ3n) is 3.93. The number of hydrogen-bond acceptors (Lipinski definition) is 3. The zero-order valence-electron chi connectivity index (χ0n) is 11.3. The lowest BCUT2D eigenvalue weighted by Gasteiger charge is -2.36. The summed E-state index contributed by atoms with van der Waals surface area (Å²) in [4.78, 5) is 7.71. The summed E-state index contributed by atoms with van der Waals surface area (Å²) in [5.41, 5.74) is 1.30. The van der Waals surface area contributed by atoms with Gasteiger partial charge in [-0.1, -0.05) is 47.6 Å². The number of alkyl halides is 1. The lowest BCUT2D eigenvalue weighted by Crippen LogP contribution is -2.45. The molecule has 1 saturated carbocycles. The lowest BCUT2D eigenvalue weighted by molar-refractivity contribution is -0.0661. The van der Waals surface area contributed by atoms with Crippen molar-refractivity contribution in [3.63, 3.8) is 0 Å². The van der Waals surface area contributed by atoms with E-state index in [0.29, 0.717) is 13.2 Å². The van der Waals surface area contributed by atoms with Crippen molar-refractivity contribution in [1.82, 2.24) is 9.97 Å². The van der Waals surface area contributed by atoms with E-state index in [0.717, 1.165) is 36.1 Å². The fourth-order valence-electron chi connectivity index (χ4n) is 2.74. The predicted molar refractivity (Wildman–Crippen MR) is 87.0 cm³/mol. The van der Waals surface area contributed by atoms with Gasteiger partial charge in [-0.3, -0.25) is 0 Å². The molecule has 1 fully saturated rings. The van der Waals surface area contributed by atoms with Crippen LogP contribution in [0, 0.1) is 0 Å². The number of aromatic amines is 1. The molecule has 20 heavy (non-hydrogen) atoms. The zero-order chi connectivity index (χ0) is 14.0. The molecule has 2 atom stereocenters. The van der Waals surface area contributed by atoms with Crippen molar-refractivity contribution < 1.29 is 9.84 Å². The Hall–Kier alpha value is -0.660. The summed E-state index contributed by atoms with van der Waals surface area (Å²) < 4.78 is 6.00. The third kappa shape index (κ3) is 2.99. The second kappa shape index (κ2) is 5.99. The summed E-state index contributed by atoms with van der Waals surface area (Å²) in [6, 6.07) is 7.93. The van der Waals surface area contributed by atoms with E-state index >= 15 is 0 Å². The Balaban J connectivity index is 1.59. The molecule has 108 valence electrons. The van der Waals surface area contributed by atoms with Crippen molar-refractivity contribution in [2.75, 3.05) is 6.61 Å². The van der Waals surface area contributed by atoms with E-state index in [1.807, 2.05) is 24.3 Å². The van der Waals surface area contributed by atoms with Crippen LogP contribution in [0.1, 0.15) is 31.5 Å². The minimum Gasteiger partial charge on any atom is -0.386 e. The van der Waals surface area contributed by atoms with Gasteiger partial charge < -0.3 is 14.8 Å². The smallest absolute Gasteiger partial charge is 0.133 e. The Kier molecular flexibility index (Phi) is 4.28. The number of para-hydroxylation sites is 2. The molecule has 0 unspecified atom stereocenters. The number of aromatic nitrogens is 2. The third-order valence-corrected chi connectivity index (χ3v) is 5.71. The summed E-state index contributed by atoms with van der Waals surface area (Å²) >= 11 is 2.35. The minimum atomic E-state index is -0.676. The van der Waals surface area contributed by atoms with Crippen molar-refractivity contribution in [3.05, 3.63) is 30.1 Å². The standard InChI is InChI=1S/C15H19IN2O2/c16-13-7-3-4-8-15(13,19)10-20-9-14-17-11-5-1-2-6-12(11)18-14/h1-2,5-6,13,19H,3-4,7-10H2,(H,17,18)/t13-,15-/m0/s1. The Morgan fingerprint density at radius 1 is 1.40 bits per heavy atom. The first-order chi connectivity index (χ1) is 9.67. The van der Waals surface area contributed by atoms with Crippen molar-refractivity contribution in [3.8, 4) is 0 Å². The molecule has 1 aliphatic carbocycles. The van der Waals surface area contributed by atoms with Crippen LogP contribution in [-0.2, 0) is 11.3 Å². The normalized spacial score (nSPS) is 27.0. The second-order valence-corrected chi connectivity index (χ2v) is 7.01. The van der Waals surface area contributed by atoms with Crippen LogP contribution in [0.2, 0.25) is 0 Å². The maximum Gasteiger partial charge on any atom is 0.133 e. The number of aliphatic hydroxyl groups is 1. The van der Waals surface area contributed by atoms with E-state index in [9.17, 15) is 5.11 Å². The van der Waals surface area contributed by atoms with Gasteiger partial charge in [0, 0.05) is 3.92 Å². The second-order valence-electron chi connectivity index (χ2n) is 5.51. The van der Waals surface area contributed by atoms with E-state index in [4.69, 9.17) is 4.74 Å². The van der Waals surface area contributed by atoms with Crippen molar-refractivity contribution >= 4 is 33.6 Å². The molecule has 1 aliphatic rings. The summed E-state index contributed by atoms with van der Waals surface area (Å²) in [5, 5.41) is 10.6. The molecular formula is C15H19IN2O2. The minimum absolute atomic E-state index is 0.282. The molecule has 2 aromatic rings. The first-order valence-corrected chi connectivity index (χ1v) is 8.30. The number of hydrogen-bond donors (Lipinski definition) is 2. The molecule has 2 N–H and O–H groups in total. The van der Waals surface area contributed by atoms with Gasteiger partial charge in [-0.2, -0.15) is 0 Å². The molecule has 1 aromatic carbocycles. The van der Waals surface area contributed by atoms with Crippen molar-refractivity contribution in [2.45, 2.75) is 41.8 Å². The van der Waals surface area contributed by atoms with Gasteiger partial charge >= 0.3 is 0 Å². The van der Waals surface area contributed by atoms with Crippen LogP contribution in [-0.4, -0.2) is 31.2 Å². The molecule has 0 radical (unpaired) electrons. The predicted octanol–water partition coefficient (Wildman–Crippen LogP) is 3.19. The van der Waals surface area contributed by atoms with Crippen molar-refractivity contribution in [2.24, 2.45) is 0 Å². The summed E-state index contributed by atoms with van der Waals surface area (Å²) in [6.45, 7) is 0.804. The van der Waals surface area contributed by atoms with Crippen LogP contribution >= 0.6 is 22.6 Å². The maximum atomic E-state index is 10.6. The van der Waals surface area contributed by atoms with Gasteiger partial charge in [0.05, 0.1) is 23.2 Å². The average Bonchev–Trinajstić information content (AvgIpc) is 2.85. The molecule has 1 aromatic heterocycles. The number of benzene rings is 1. The monoisotopic (exact) mass is 386 g/mol. The quantitative estimate of drug-likeness (QED) is 0.627. The molecule has 0 spiro atoms. The van der Waals surface area contributed by atoms with Gasteiger partial charge in [0.2, 0.25) is 0 Å². The number of H-pyrrole nitrogens is 1. The highest BCUT2D eigenvalue weighted by molar-refractivity contribution is 14.1. The van der Waals surface area contributed by atoms with Crippen molar-refractivity contribution in [1.29, 1.82) is 0 Å². The van der Waals surface area contributed by atoms with E-state index in [1.54, 1.807) is 0 Å². The topological polar surface area (TPSA) is 58.1 Å². The summed E-state index contributed by atoms with van der Waals surface area (Å²) in [6.07, 6.45) is 4.20. The molecule has 5 heteroatoms. The SMILES string of the molecule is O[C@]1(COCc2nc3ccccc3[nH]2)CCCC[C@@H]1I. The molecule has 3 rings (SSSR count). The van der Waals surface area contributed by atoms with Crippen LogP contribution in [0.25, 0.3) is 11.0 Å². The number of nitrogens with zero attached hydrogens (tertiary/aromatic N) is 1. The first-order valence-electron chi connectivity index (χ1n) is 7.05. The van der Waals surface area contributed by atoms with Gasteiger partial charge in [0.1, 0.15) is 12.4 Å². The van der Waals surface area contributed by atoms with Gasteiger partial charge in [0.25, 0.3) is 0 Å². The summed E-state index contributed by atoms with van der Waals surface area (Å²) in [7, 11) is 0. The molecule has 0 saturated heterocycles. The van der Waals surface area contributed by atoms with Crippen LogP contribution in [0.15, 0.2) is 24.3 Å². The molecule has 0 amide bonds. The zero-order valence-corrected chi connectivity index (χ0v) is 13.5. The molecular weight excluding hydrogens is 367 g/mol. The van der Waals surface area contributed by atoms with Gasteiger partial charge in [0.15, 0.2) is 0 Å². The Morgan fingerprint density at radius 3 is 3.05 bits per heavy atom. The number of imidazole rings is 1. The largest absolute Gasteiger partial charge is 0.386 e. The fraction of sp³-hybridized carbons (Fsp3) is 0.533.